The molecule has 20 heavy (non-hydrogen) atoms. The third-order valence-electron chi connectivity index (χ3n) is 5.65. The average molecular weight is 271 g/mol. The molecule has 3 nitrogen and oxygen atoms in total. The number of fused-ring (bicyclic) bond motifs is 2. The molecule has 1 aromatic rings. The molecule has 2 N–H and O–H groups in total. The number of piperidine rings is 1. The van der Waals surface area contributed by atoms with Gasteiger partial charge < -0.3 is 10.6 Å². The van der Waals surface area contributed by atoms with Gasteiger partial charge in [-0.05, 0) is 62.4 Å². The highest BCUT2D eigenvalue weighted by Crippen LogP contribution is 2.32. The largest absolute Gasteiger partial charge is 0.398 e. The van der Waals surface area contributed by atoms with Gasteiger partial charge in [0.25, 0.3) is 0 Å². The first-order valence-corrected chi connectivity index (χ1v) is 8.15. The monoisotopic (exact) mass is 271 g/mol. The molecule has 4 rings (SSSR count). The van der Waals surface area contributed by atoms with Gasteiger partial charge in [-0.1, -0.05) is 12.1 Å². The predicted octanol–water partition coefficient (Wildman–Crippen LogP) is 2.25. The fourth-order valence-corrected chi connectivity index (χ4v) is 4.47. The van der Waals surface area contributed by atoms with Gasteiger partial charge in [-0.2, -0.15) is 0 Å². The van der Waals surface area contributed by atoms with Crippen LogP contribution in [0.15, 0.2) is 18.2 Å². The van der Waals surface area contributed by atoms with Crippen molar-refractivity contribution in [1.29, 1.82) is 0 Å². The molecule has 0 aliphatic carbocycles. The van der Waals surface area contributed by atoms with E-state index in [1.807, 2.05) is 0 Å². The Kier molecular flexibility index (Phi) is 3.20. The van der Waals surface area contributed by atoms with Crippen LogP contribution in [0.1, 0.15) is 36.8 Å². The number of rotatable bonds is 1. The van der Waals surface area contributed by atoms with Gasteiger partial charge in [-0.15, -0.1) is 0 Å². The number of benzene rings is 1. The maximum absolute atomic E-state index is 6.18. The van der Waals surface area contributed by atoms with E-state index in [-0.39, 0.29) is 0 Å². The van der Waals surface area contributed by atoms with Crippen molar-refractivity contribution >= 4 is 5.69 Å². The van der Waals surface area contributed by atoms with Gasteiger partial charge in [0.15, 0.2) is 0 Å². The number of nitrogens with two attached hydrogens (primary N) is 1. The minimum atomic E-state index is 0.780. The lowest BCUT2D eigenvalue weighted by molar-refractivity contribution is 0.0791. The van der Waals surface area contributed by atoms with Gasteiger partial charge in [-0.25, -0.2) is 0 Å². The Hall–Kier alpha value is -1.06. The first-order chi connectivity index (χ1) is 9.81. The van der Waals surface area contributed by atoms with Crippen molar-refractivity contribution in [3.8, 4) is 0 Å². The molecule has 3 heterocycles. The summed E-state index contributed by atoms with van der Waals surface area (Å²) >= 11 is 0. The number of anilines is 1. The second-order valence-electron chi connectivity index (χ2n) is 6.72. The summed E-state index contributed by atoms with van der Waals surface area (Å²) in [7, 11) is 0. The summed E-state index contributed by atoms with van der Waals surface area (Å²) in [5.41, 5.74) is 10.0. The Morgan fingerprint density at radius 3 is 2.85 bits per heavy atom. The van der Waals surface area contributed by atoms with Crippen LogP contribution < -0.4 is 5.73 Å². The SMILES string of the molecule is Nc1cccc2c1CN(C1CCN3CCCC3C1)CC2. The zero-order chi connectivity index (χ0) is 13.5. The fourth-order valence-electron chi connectivity index (χ4n) is 4.47. The molecule has 0 saturated carbocycles. The zero-order valence-corrected chi connectivity index (χ0v) is 12.2. The molecule has 0 aromatic heterocycles. The normalized spacial score (nSPS) is 31.0. The van der Waals surface area contributed by atoms with Crippen molar-refractivity contribution in [3.63, 3.8) is 0 Å². The van der Waals surface area contributed by atoms with E-state index in [1.165, 1.54) is 62.9 Å². The molecule has 2 fully saturated rings. The molecule has 0 radical (unpaired) electrons. The summed E-state index contributed by atoms with van der Waals surface area (Å²) in [5.74, 6) is 0. The van der Waals surface area contributed by atoms with Gasteiger partial charge >= 0.3 is 0 Å². The average Bonchev–Trinajstić information content (AvgIpc) is 2.95. The van der Waals surface area contributed by atoms with Crippen LogP contribution in [-0.4, -0.2) is 41.5 Å². The minimum absolute atomic E-state index is 0.780. The van der Waals surface area contributed by atoms with Crippen LogP contribution in [0.4, 0.5) is 5.69 Å². The standard InChI is InChI=1S/C17H25N3/c18-17-5-1-3-13-6-9-20(12-16(13)17)15-7-10-19-8-2-4-14(19)11-15/h1,3,5,14-15H,2,4,6-12,18H2. The molecule has 2 atom stereocenters. The topological polar surface area (TPSA) is 32.5 Å². The molecular weight excluding hydrogens is 246 g/mol. The third kappa shape index (κ3) is 2.13. The fraction of sp³-hybridized carbons (Fsp3) is 0.647. The van der Waals surface area contributed by atoms with Gasteiger partial charge in [0.1, 0.15) is 0 Å². The minimum Gasteiger partial charge on any atom is -0.398 e. The molecule has 0 bridgehead atoms. The Labute approximate surface area is 121 Å². The van der Waals surface area contributed by atoms with Crippen LogP contribution in [0.2, 0.25) is 0 Å². The lowest BCUT2D eigenvalue weighted by Crippen LogP contribution is -2.48. The molecule has 1 aromatic carbocycles. The van der Waals surface area contributed by atoms with E-state index in [2.05, 4.69) is 28.0 Å². The van der Waals surface area contributed by atoms with Crippen molar-refractivity contribution < 1.29 is 0 Å². The molecule has 108 valence electrons. The van der Waals surface area contributed by atoms with E-state index in [4.69, 9.17) is 5.73 Å². The Bertz CT molecular complexity index is 499. The highest BCUT2D eigenvalue weighted by atomic mass is 15.2. The lowest BCUT2D eigenvalue weighted by Gasteiger charge is -2.42. The first kappa shape index (κ1) is 12.7. The Morgan fingerprint density at radius 2 is 1.90 bits per heavy atom. The van der Waals surface area contributed by atoms with E-state index in [0.29, 0.717) is 0 Å². The van der Waals surface area contributed by atoms with E-state index in [9.17, 15) is 0 Å². The molecule has 3 aliphatic rings. The zero-order valence-electron chi connectivity index (χ0n) is 12.2. The highest BCUT2D eigenvalue weighted by molar-refractivity contribution is 5.51. The molecule has 0 spiro atoms. The molecule has 0 amide bonds. The van der Waals surface area contributed by atoms with Crippen LogP contribution in [0.5, 0.6) is 0 Å². The summed E-state index contributed by atoms with van der Waals surface area (Å²) in [6, 6.07) is 8.05. The van der Waals surface area contributed by atoms with Crippen molar-refractivity contribution in [1.82, 2.24) is 9.80 Å². The quantitative estimate of drug-likeness (QED) is 0.795. The Morgan fingerprint density at radius 1 is 1.00 bits per heavy atom. The van der Waals surface area contributed by atoms with Crippen LogP contribution in [0, 0.1) is 0 Å². The van der Waals surface area contributed by atoms with Crippen LogP contribution >= 0.6 is 0 Å². The van der Waals surface area contributed by atoms with E-state index < -0.39 is 0 Å². The van der Waals surface area contributed by atoms with Crippen molar-refractivity contribution in [2.45, 2.75) is 50.7 Å². The van der Waals surface area contributed by atoms with Crippen LogP contribution in [-0.2, 0) is 13.0 Å². The van der Waals surface area contributed by atoms with Crippen molar-refractivity contribution in [2.75, 3.05) is 25.4 Å². The summed E-state index contributed by atoms with van der Waals surface area (Å²) < 4.78 is 0. The summed E-state index contributed by atoms with van der Waals surface area (Å²) in [6.45, 7) is 4.93. The van der Waals surface area contributed by atoms with Crippen LogP contribution in [0.3, 0.4) is 0 Å². The molecule has 2 saturated heterocycles. The lowest BCUT2D eigenvalue weighted by atomic mass is 9.92. The Balaban J connectivity index is 1.49. The van der Waals surface area contributed by atoms with Crippen molar-refractivity contribution in [2.24, 2.45) is 0 Å². The van der Waals surface area contributed by atoms with Crippen molar-refractivity contribution in [3.05, 3.63) is 29.3 Å². The van der Waals surface area contributed by atoms with Gasteiger partial charge in [0, 0.05) is 30.9 Å². The van der Waals surface area contributed by atoms with E-state index in [1.54, 1.807) is 0 Å². The third-order valence-corrected chi connectivity index (χ3v) is 5.65. The summed E-state index contributed by atoms with van der Waals surface area (Å²) in [6.07, 6.45) is 6.72. The highest BCUT2D eigenvalue weighted by Gasteiger charge is 2.35. The smallest absolute Gasteiger partial charge is 0.0362 e. The molecule has 3 aliphatic heterocycles. The molecule has 2 unspecified atom stereocenters. The second kappa shape index (κ2) is 5.05. The number of nitrogens with zero attached hydrogens (tertiary/aromatic N) is 2. The number of nitrogen functional groups attached to an aromatic ring is 1. The maximum Gasteiger partial charge on any atom is 0.0362 e. The van der Waals surface area contributed by atoms with Gasteiger partial charge in [0.2, 0.25) is 0 Å². The van der Waals surface area contributed by atoms with Gasteiger partial charge in [0.05, 0.1) is 0 Å². The summed E-state index contributed by atoms with van der Waals surface area (Å²) in [4.78, 5) is 5.41. The number of hydrogen-bond donors (Lipinski definition) is 1. The first-order valence-electron chi connectivity index (χ1n) is 8.15. The summed E-state index contributed by atoms with van der Waals surface area (Å²) in [5, 5.41) is 0. The maximum atomic E-state index is 6.18. The van der Waals surface area contributed by atoms with E-state index in [0.717, 1.165) is 24.3 Å². The molecule has 3 heteroatoms. The predicted molar refractivity (Wildman–Crippen MR) is 82.6 cm³/mol. The van der Waals surface area contributed by atoms with Gasteiger partial charge in [-0.3, -0.25) is 4.90 Å². The second-order valence-corrected chi connectivity index (χ2v) is 6.72. The van der Waals surface area contributed by atoms with E-state index >= 15 is 0 Å². The molecular formula is C17H25N3. The number of hydrogen-bond acceptors (Lipinski definition) is 3. The van der Waals surface area contributed by atoms with Crippen LogP contribution in [0.25, 0.3) is 0 Å².